The number of hydrogen-bond donors (Lipinski definition) is 6. The van der Waals surface area contributed by atoms with Gasteiger partial charge in [-0.15, -0.1) is 0 Å². The van der Waals surface area contributed by atoms with Crippen LogP contribution >= 0.6 is 23.2 Å². The summed E-state index contributed by atoms with van der Waals surface area (Å²) in [6.07, 6.45) is 0. The van der Waals surface area contributed by atoms with Gasteiger partial charge in [-0.05, 0) is 23.3 Å². The van der Waals surface area contributed by atoms with Gasteiger partial charge >= 0.3 is 10.4 Å². The highest BCUT2D eigenvalue weighted by Crippen LogP contribution is 2.14. The third-order valence-corrected chi connectivity index (χ3v) is 4.47. The highest BCUT2D eigenvalue weighted by atomic mass is 35.5. The second kappa shape index (κ2) is 17.0. The Morgan fingerprint density at radius 1 is 0.788 bits per heavy atom. The van der Waals surface area contributed by atoms with Crippen molar-refractivity contribution in [2.75, 3.05) is 28.2 Å². The largest absolute Gasteiger partial charge is 0.394 e. The molecule has 10 nitrogen and oxygen atoms in total. The highest BCUT2D eigenvalue weighted by molar-refractivity contribution is 7.79. The van der Waals surface area contributed by atoms with Crippen LogP contribution in [-0.2, 0) is 23.5 Å². The summed E-state index contributed by atoms with van der Waals surface area (Å²) < 4.78 is 31.6. The summed E-state index contributed by atoms with van der Waals surface area (Å²) >= 11 is 12.0. The van der Waals surface area contributed by atoms with Crippen LogP contribution in [0.4, 0.5) is 0 Å². The summed E-state index contributed by atoms with van der Waals surface area (Å²) in [6.45, 7) is 1.35. The number of nitrogens with zero attached hydrogens (tertiary/aromatic N) is 2. The van der Waals surface area contributed by atoms with E-state index in [1.807, 2.05) is 62.6 Å². The molecule has 33 heavy (non-hydrogen) atoms. The first-order chi connectivity index (χ1) is 15.5. The Hall–Kier alpha value is -2.57. The second-order valence-electron chi connectivity index (χ2n) is 5.98. The molecule has 0 bridgehead atoms. The number of aliphatic imine (C=N–C) groups is 2. The Labute approximate surface area is 205 Å². The molecule has 0 heterocycles. The Morgan fingerprint density at radius 2 is 1.09 bits per heavy atom. The SMILES string of the molecule is CN=C(NC)NCc1ccccc1Cl.CN=C(NC)NCc1ccccc1Cl.O=S(=O)(O)O. The predicted molar refractivity (Wildman–Crippen MR) is 136 cm³/mol. The average Bonchev–Trinajstić information content (AvgIpc) is 2.77. The molecule has 0 atom stereocenters. The number of hydrogen-bond acceptors (Lipinski definition) is 4. The lowest BCUT2D eigenvalue weighted by molar-refractivity contribution is 0.381. The fraction of sp³-hybridized carbons (Fsp3) is 0.300. The Kier molecular flexibility index (Phi) is 15.7. The van der Waals surface area contributed by atoms with Gasteiger partial charge in [0.25, 0.3) is 0 Å². The first kappa shape index (κ1) is 30.4. The lowest BCUT2D eigenvalue weighted by atomic mass is 10.2. The molecule has 13 heteroatoms. The average molecular weight is 521 g/mol. The van der Waals surface area contributed by atoms with Crippen molar-refractivity contribution in [2.45, 2.75) is 13.1 Å². The van der Waals surface area contributed by atoms with Gasteiger partial charge in [0.15, 0.2) is 11.9 Å². The van der Waals surface area contributed by atoms with Crippen molar-refractivity contribution >= 4 is 45.5 Å². The number of guanidine groups is 2. The van der Waals surface area contributed by atoms with E-state index in [2.05, 4.69) is 31.3 Å². The van der Waals surface area contributed by atoms with Gasteiger partial charge in [-0.1, -0.05) is 59.6 Å². The van der Waals surface area contributed by atoms with Crippen LogP contribution in [0, 0.1) is 0 Å². The molecule has 0 unspecified atom stereocenters. The normalized spacial score (nSPS) is 11.3. The topological polar surface area (TPSA) is 147 Å². The minimum Gasteiger partial charge on any atom is -0.359 e. The zero-order chi connectivity index (χ0) is 25.3. The fourth-order valence-electron chi connectivity index (χ4n) is 2.20. The van der Waals surface area contributed by atoms with Crippen LogP contribution in [0.2, 0.25) is 10.0 Å². The van der Waals surface area contributed by atoms with Gasteiger partial charge in [0.1, 0.15) is 0 Å². The van der Waals surface area contributed by atoms with Gasteiger partial charge in [-0.3, -0.25) is 19.1 Å². The Bertz CT molecular complexity index is 930. The van der Waals surface area contributed by atoms with Crippen LogP contribution in [-0.4, -0.2) is 57.6 Å². The minimum atomic E-state index is -4.67. The zero-order valence-corrected chi connectivity index (χ0v) is 21.1. The molecule has 0 saturated heterocycles. The van der Waals surface area contributed by atoms with E-state index in [9.17, 15) is 0 Å². The number of halogens is 2. The first-order valence-electron chi connectivity index (χ1n) is 9.49. The summed E-state index contributed by atoms with van der Waals surface area (Å²) in [5.41, 5.74) is 2.12. The van der Waals surface area contributed by atoms with Crippen LogP contribution in [0.25, 0.3) is 0 Å². The Balaban J connectivity index is 0.000000517. The number of rotatable bonds is 4. The molecular formula is C20H30Cl2N6O4S. The van der Waals surface area contributed by atoms with Gasteiger partial charge in [0, 0.05) is 51.3 Å². The quantitative estimate of drug-likeness (QED) is 0.205. The molecule has 184 valence electrons. The molecule has 0 aromatic heterocycles. The lowest BCUT2D eigenvalue weighted by Gasteiger charge is -2.09. The molecule has 0 aliphatic rings. The number of benzene rings is 2. The van der Waals surface area contributed by atoms with Crippen LogP contribution in [0.1, 0.15) is 11.1 Å². The second-order valence-corrected chi connectivity index (χ2v) is 7.69. The molecule has 0 fully saturated rings. The molecular weight excluding hydrogens is 491 g/mol. The van der Waals surface area contributed by atoms with Crippen LogP contribution in [0.5, 0.6) is 0 Å². The zero-order valence-electron chi connectivity index (χ0n) is 18.8. The van der Waals surface area contributed by atoms with E-state index in [0.29, 0.717) is 13.1 Å². The summed E-state index contributed by atoms with van der Waals surface area (Å²) in [7, 11) is 2.43. The van der Waals surface area contributed by atoms with Gasteiger partial charge in [-0.2, -0.15) is 8.42 Å². The van der Waals surface area contributed by atoms with Crippen LogP contribution in [0.3, 0.4) is 0 Å². The summed E-state index contributed by atoms with van der Waals surface area (Å²) in [5.74, 6) is 1.51. The van der Waals surface area contributed by atoms with Crippen LogP contribution in [0.15, 0.2) is 58.5 Å². The maximum Gasteiger partial charge on any atom is 0.394 e. The molecule has 0 aliphatic heterocycles. The van der Waals surface area contributed by atoms with E-state index >= 15 is 0 Å². The van der Waals surface area contributed by atoms with Crippen molar-refractivity contribution in [3.63, 3.8) is 0 Å². The molecule has 0 amide bonds. The standard InChI is InChI=1S/2C10H14ClN3.H2O4S/c2*1-12-10(13-2)14-7-8-5-3-4-6-9(8)11;1-5(2,3)4/h2*3-6H,7H2,1-2H3,(H2,12,13,14);(H2,1,2,3,4). The van der Waals surface area contributed by atoms with Gasteiger partial charge < -0.3 is 21.3 Å². The van der Waals surface area contributed by atoms with Gasteiger partial charge in [-0.25, -0.2) is 0 Å². The van der Waals surface area contributed by atoms with Gasteiger partial charge in [0.2, 0.25) is 0 Å². The van der Waals surface area contributed by atoms with Crippen LogP contribution < -0.4 is 21.3 Å². The maximum atomic E-state index is 8.74. The van der Waals surface area contributed by atoms with Crippen molar-refractivity contribution in [1.29, 1.82) is 0 Å². The van der Waals surface area contributed by atoms with E-state index in [0.717, 1.165) is 33.1 Å². The molecule has 0 aliphatic carbocycles. The molecule has 0 saturated carbocycles. The molecule has 2 aromatic carbocycles. The highest BCUT2D eigenvalue weighted by Gasteiger charge is 2.00. The monoisotopic (exact) mass is 520 g/mol. The summed E-state index contributed by atoms with van der Waals surface area (Å²) in [5, 5.41) is 13.7. The molecule has 0 spiro atoms. The van der Waals surface area contributed by atoms with E-state index in [1.54, 1.807) is 14.1 Å². The van der Waals surface area contributed by atoms with E-state index in [4.69, 9.17) is 40.7 Å². The Morgan fingerprint density at radius 3 is 1.33 bits per heavy atom. The van der Waals surface area contributed by atoms with Crippen molar-refractivity contribution in [3.8, 4) is 0 Å². The van der Waals surface area contributed by atoms with Gasteiger partial charge in [0.05, 0.1) is 0 Å². The third-order valence-electron chi connectivity index (χ3n) is 3.73. The smallest absolute Gasteiger partial charge is 0.359 e. The first-order valence-corrected chi connectivity index (χ1v) is 11.6. The number of nitrogens with one attached hydrogen (secondary N) is 4. The van der Waals surface area contributed by atoms with Crippen molar-refractivity contribution in [1.82, 2.24) is 21.3 Å². The molecule has 2 rings (SSSR count). The maximum absolute atomic E-state index is 8.74. The fourth-order valence-corrected chi connectivity index (χ4v) is 2.61. The van der Waals surface area contributed by atoms with Crippen molar-refractivity contribution in [2.24, 2.45) is 9.98 Å². The third kappa shape index (κ3) is 15.8. The summed E-state index contributed by atoms with van der Waals surface area (Å²) in [6, 6.07) is 15.5. The van der Waals surface area contributed by atoms with Crippen molar-refractivity contribution in [3.05, 3.63) is 69.7 Å². The summed E-state index contributed by atoms with van der Waals surface area (Å²) in [4.78, 5) is 8.01. The van der Waals surface area contributed by atoms with E-state index in [-0.39, 0.29) is 0 Å². The molecule has 2 aromatic rings. The van der Waals surface area contributed by atoms with E-state index < -0.39 is 10.4 Å². The van der Waals surface area contributed by atoms with Crippen molar-refractivity contribution < 1.29 is 17.5 Å². The minimum absolute atomic E-state index is 0.674. The predicted octanol–water partition coefficient (Wildman–Crippen LogP) is 2.62. The molecule has 0 radical (unpaired) electrons. The lowest BCUT2D eigenvalue weighted by Crippen LogP contribution is -2.34. The van der Waals surface area contributed by atoms with E-state index in [1.165, 1.54) is 0 Å². The molecule has 6 N–H and O–H groups in total.